The van der Waals surface area contributed by atoms with Gasteiger partial charge in [-0.15, -0.1) is 0 Å². The summed E-state index contributed by atoms with van der Waals surface area (Å²) in [5.41, 5.74) is 1.77. The van der Waals surface area contributed by atoms with Gasteiger partial charge in [0.15, 0.2) is 0 Å². The van der Waals surface area contributed by atoms with Crippen molar-refractivity contribution in [2.24, 2.45) is 0 Å². The van der Waals surface area contributed by atoms with Crippen molar-refractivity contribution in [1.29, 1.82) is 0 Å². The lowest BCUT2D eigenvalue weighted by Gasteiger charge is -2.29. The van der Waals surface area contributed by atoms with Gasteiger partial charge in [0.25, 0.3) is 0 Å². The van der Waals surface area contributed by atoms with E-state index in [1.807, 2.05) is 0 Å². The maximum absolute atomic E-state index is 11.3. The summed E-state index contributed by atoms with van der Waals surface area (Å²) >= 11 is 0. The number of benzene rings is 1. The van der Waals surface area contributed by atoms with E-state index in [2.05, 4.69) is 45.0 Å². The summed E-state index contributed by atoms with van der Waals surface area (Å²) in [4.78, 5) is 0. The van der Waals surface area contributed by atoms with Gasteiger partial charge >= 0.3 is 0 Å². The Balaban J connectivity index is 2.49. The number of unbranched alkanes of at least 4 members (excludes halogenated alkanes) is 9. The largest absolute Gasteiger partial charge is 0.385 e. The van der Waals surface area contributed by atoms with Crippen molar-refractivity contribution in [1.82, 2.24) is 0 Å². The quantitative estimate of drug-likeness (QED) is 0.354. The molecule has 1 nitrogen and oxygen atoms in total. The van der Waals surface area contributed by atoms with E-state index in [1.165, 1.54) is 63.4 Å². The van der Waals surface area contributed by atoms with Gasteiger partial charge in [0, 0.05) is 0 Å². The minimum Gasteiger partial charge on any atom is -0.385 e. The molecule has 0 amide bonds. The molecular formula is C23H40O. The molecule has 1 aromatic carbocycles. The predicted octanol–water partition coefficient (Wildman–Crippen LogP) is 7.29. The van der Waals surface area contributed by atoms with Crippen molar-refractivity contribution in [2.45, 2.75) is 110 Å². The van der Waals surface area contributed by atoms with Crippen molar-refractivity contribution in [2.75, 3.05) is 0 Å². The first kappa shape index (κ1) is 21.2. The van der Waals surface area contributed by atoms with E-state index < -0.39 is 5.60 Å². The van der Waals surface area contributed by atoms with E-state index in [0.29, 0.717) is 0 Å². The van der Waals surface area contributed by atoms with E-state index in [-0.39, 0.29) is 0 Å². The second-order valence-electron chi connectivity index (χ2n) is 7.58. The Morgan fingerprint density at radius 2 is 1.08 bits per heavy atom. The standard InChI is InChI=1S/C23H40O/c1-4-6-8-10-11-12-14-20-23(24,19-13-9-7-5-2)22-17-15-21(3)16-18-22/h15-18,24H,4-14,19-20H2,1-3H3. The Labute approximate surface area is 150 Å². The van der Waals surface area contributed by atoms with Crippen LogP contribution in [0.4, 0.5) is 0 Å². The van der Waals surface area contributed by atoms with Gasteiger partial charge in [0.2, 0.25) is 0 Å². The molecule has 0 saturated carbocycles. The number of hydrogen-bond donors (Lipinski definition) is 1. The molecule has 0 aromatic heterocycles. The molecule has 0 aliphatic heterocycles. The van der Waals surface area contributed by atoms with Crippen LogP contribution in [0.1, 0.15) is 108 Å². The van der Waals surface area contributed by atoms with E-state index in [1.54, 1.807) is 0 Å². The molecule has 0 heterocycles. The number of rotatable bonds is 14. The first-order valence-electron chi connectivity index (χ1n) is 10.4. The maximum Gasteiger partial charge on any atom is 0.0896 e. The third-order valence-electron chi connectivity index (χ3n) is 5.23. The zero-order valence-corrected chi connectivity index (χ0v) is 16.4. The smallest absolute Gasteiger partial charge is 0.0896 e. The van der Waals surface area contributed by atoms with Crippen LogP contribution < -0.4 is 0 Å². The molecule has 1 heteroatoms. The molecule has 0 saturated heterocycles. The van der Waals surface area contributed by atoms with Crippen molar-refractivity contribution >= 4 is 0 Å². The molecule has 0 fully saturated rings. The topological polar surface area (TPSA) is 20.2 Å². The Bertz CT molecular complexity index is 409. The van der Waals surface area contributed by atoms with Crippen LogP contribution in [0.25, 0.3) is 0 Å². The predicted molar refractivity (Wildman–Crippen MR) is 106 cm³/mol. The highest BCUT2D eigenvalue weighted by Crippen LogP contribution is 2.33. The summed E-state index contributed by atoms with van der Waals surface area (Å²) in [5, 5.41) is 11.3. The fraction of sp³-hybridized carbons (Fsp3) is 0.739. The second kappa shape index (κ2) is 12.5. The van der Waals surface area contributed by atoms with Gasteiger partial charge in [-0.25, -0.2) is 0 Å². The second-order valence-corrected chi connectivity index (χ2v) is 7.58. The van der Waals surface area contributed by atoms with E-state index in [0.717, 1.165) is 31.2 Å². The molecule has 1 unspecified atom stereocenters. The van der Waals surface area contributed by atoms with Gasteiger partial charge < -0.3 is 5.11 Å². The number of aryl methyl sites for hydroxylation is 1. The van der Waals surface area contributed by atoms with Crippen LogP contribution >= 0.6 is 0 Å². The highest BCUT2D eigenvalue weighted by molar-refractivity contribution is 5.26. The molecule has 1 N–H and O–H groups in total. The molecule has 0 radical (unpaired) electrons. The highest BCUT2D eigenvalue weighted by atomic mass is 16.3. The minimum absolute atomic E-state index is 0.620. The van der Waals surface area contributed by atoms with Crippen LogP contribution in [0.5, 0.6) is 0 Å². The minimum atomic E-state index is -0.620. The molecule has 0 bridgehead atoms. The van der Waals surface area contributed by atoms with Gasteiger partial charge in [-0.05, 0) is 25.3 Å². The normalized spacial score (nSPS) is 13.8. The van der Waals surface area contributed by atoms with Crippen LogP contribution in [0.15, 0.2) is 24.3 Å². The van der Waals surface area contributed by atoms with Crippen LogP contribution in [-0.4, -0.2) is 5.11 Å². The molecule has 1 rings (SSSR count). The fourth-order valence-corrected chi connectivity index (χ4v) is 3.50. The zero-order chi connectivity index (χ0) is 17.7. The molecular weight excluding hydrogens is 292 g/mol. The van der Waals surface area contributed by atoms with Crippen LogP contribution in [-0.2, 0) is 5.60 Å². The van der Waals surface area contributed by atoms with Crippen LogP contribution in [0, 0.1) is 6.92 Å². The Morgan fingerprint density at radius 1 is 0.667 bits per heavy atom. The van der Waals surface area contributed by atoms with E-state index >= 15 is 0 Å². The molecule has 138 valence electrons. The Morgan fingerprint density at radius 3 is 1.58 bits per heavy atom. The summed E-state index contributed by atoms with van der Waals surface area (Å²) in [7, 11) is 0. The third-order valence-corrected chi connectivity index (χ3v) is 5.23. The molecule has 0 aliphatic carbocycles. The summed E-state index contributed by atoms with van der Waals surface area (Å²) in [6, 6.07) is 8.54. The van der Waals surface area contributed by atoms with Crippen LogP contribution in [0.3, 0.4) is 0 Å². The zero-order valence-electron chi connectivity index (χ0n) is 16.4. The molecule has 1 aromatic rings. The van der Waals surface area contributed by atoms with Crippen molar-refractivity contribution in [3.8, 4) is 0 Å². The SMILES string of the molecule is CCCCCCCCCC(O)(CCCCCC)c1ccc(C)cc1. The average Bonchev–Trinajstić information content (AvgIpc) is 2.58. The van der Waals surface area contributed by atoms with Gasteiger partial charge in [-0.2, -0.15) is 0 Å². The van der Waals surface area contributed by atoms with Crippen molar-refractivity contribution < 1.29 is 5.11 Å². The van der Waals surface area contributed by atoms with Crippen molar-refractivity contribution in [3.63, 3.8) is 0 Å². The summed E-state index contributed by atoms with van der Waals surface area (Å²) in [6.45, 7) is 6.62. The summed E-state index contributed by atoms with van der Waals surface area (Å²) < 4.78 is 0. The van der Waals surface area contributed by atoms with E-state index in [9.17, 15) is 5.11 Å². The maximum atomic E-state index is 11.3. The Kier molecular flexibility index (Phi) is 11.1. The molecule has 0 aliphatic rings. The number of hydrogen-bond acceptors (Lipinski definition) is 1. The summed E-state index contributed by atoms with van der Waals surface area (Å²) in [5.74, 6) is 0. The lowest BCUT2D eigenvalue weighted by molar-refractivity contribution is 0.0132. The monoisotopic (exact) mass is 332 g/mol. The first-order valence-corrected chi connectivity index (χ1v) is 10.4. The Hall–Kier alpha value is -0.820. The van der Waals surface area contributed by atoms with E-state index in [4.69, 9.17) is 0 Å². The van der Waals surface area contributed by atoms with Gasteiger partial charge in [-0.3, -0.25) is 0 Å². The summed E-state index contributed by atoms with van der Waals surface area (Å²) in [6.07, 6.45) is 15.8. The molecule has 24 heavy (non-hydrogen) atoms. The lowest BCUT2D eigenvalue weighted by atomic mass is 9.83. The van der Waals surface area contributed by atoms with Gasteiger partial charge in [0.1, 0.15) is 0 Å². The highest BCUT2D eigenvalue weighted by Gasteiger charge is 2.27. The third kappa shape index (κ3) is 8.33. The number of aliphatic hydroxyl groups is 1. The fourth-order valence-electron chi connectivity index (χ4n) is 3.50. The average molecular weight is 333 g/mol. The molecule has 1 atom stereocenters. The van der Waals surface area contributed by atoms with Crippen molar-refractivity contribution in [3.05, 3.63) is 35.4 Å². The lowest BCUT2D eigenvalue weighted by Crippen LogP contribution is -2.25. The first-order chi connectivity index (χ1) is 11.6. The van der Waals surface area contributed by atoms with Gasteiger partial charge in [-0.1, -0.05) is 114 Å². The van der Waals surface area contributed by atoms with Gasteiger partial charge in [0.05, 0.1) is 5.60 Å². The van der Waals surface area contributed by atoms with Crippen LogP contribution in [0.2, 0.25) is 0 Å². The molecule has 0 spiro atoms.